The van der Waals surface area contributed by atoms with Crippen LogP contribution in [0, 0.1) is 5.92 Å². The average molecular weight is 401 g/mol. The third-order valence-corrected chi connectivity index (χ3v) is 4.02. The van der Waals surface area contributed by atoms with Crippen molar-refractivity contribution < 1.29 is 14.3 Å². The minimum Gasteiger partial charge on any atom is -0.493 e. The van der Waals surface area contributed by atoms with E-state index in [4.69, 9.17) is 21.7 Å². The molecule has 2 aromatic carbocycles. The van der Waals surface area contributed by atoms with Gasteiger partial charge in [-0.2, -0.15) is 0 Å². The monoisotopic (exact) mass is 400 g/mol. The maximum absolute atomic E-state index is 12.4. The number of anilines is 1. The van der Waals surface area contributed by atoms with Crippen molar-refractivity contribution in [1.29, 1.82) is 0 Å². The van der Waals surface area contributed by atoms with E-state index in [1.807, 2.05) is 24.3 Å². The lowest BCUT2D eigenvalue weighted by Gasteiger charge is -2.14. The molecular weight excluding hydrogens is 372 g/mol. The van der Waals surface area contributed by atoms with Gasteiger partial charge in [0.1, 0.15) is 11.5 Å². The number of thiocarbonyl (C=S) groups is 1. The van der Waals surface area contributed by atoms with Crippen molar-refractivity contribution in [3.05, 3.63) is 54.1 Å². The van der Waals surface area contributed by atoms with Crippen LogP contribution in [0.5, 0.6) is 11.5 Å². The number of hydrogen-bond acceptors (Lipinski definition) is 4. The van der Waals surface area contributed by atoms with Crippen LogP contribution in [0.1, 0.15) is 44.0 Å². The molecule has 0 spiro atoms. The molecule has 1 amide bonds. The molecule has 2 N–H and O–H groups in total. The number of carbonyl (C=O) groups excluding carboxylic acids is 1. The standard InChI is InChI=1S/C22H28N2O3S/c1-4-5-14-26-20-9-7-6-8-19(20)23-22(28)24-21(25)17-10-12-18(13-11-17)27-15-16(2)3/h6-13,16H,4-5,14-15H2,1-3H3,(H2,23,24,25,28). The summed E-state index contributed by atoms with van der Waals surface area (Å²) < 4.78 is 11.4. The van der Waals surface area contributed by atoms with Gasteiger partial charge in [0.05, 0.1) is 18.9 Å². The molecule has 0 unspecified atom stereocenters. The summed E-state index contributed by atoms with van der Waals surface area (Å²) >= 11 is 5.28. The van der Waals surface area contributed by atoms with Gasteiger partial charge >= 0.3 is 0 Å². The minimum atomic E-state index is -0.280. The van der Waals surface area contributed by atoms with Crippen LogP contribution < -0.4 is 20.1 Å². The second kappa shape index (κ2) is 11.3. The van der Waals surface area contributed by atoms with Crippen LogP contribution in [-0.2, 0) is 0 Å². The molecular formula is C22H28N2O3S. The first-order chi connectivity index (χ1) is 13.5. The van der Waals surface area contributed by atoms with E-state index in [1.54, 1.807) is 24.3 Å². The van der Waals surface area contributed by atoms with Crippen LogP contribution in [0.15, 0.2) is 48.5 Å². The Morgan fingerprint density at radius 3 is 2.46 bits per heavy atom. The average Bonchev–Trinajstić information content (AvgIpc) is 2.68. The molecule has 28 heavy (non-hydrogen) atoms. The Bertz CT molecular complexity index is 776. The minimum absolute atomic E-state index is 0.219. The summed E-state index contributed by atoms with van der Waals surface area (Å²) in [5.74, 6) is 1.61. The van der Waals surface area contributed by atoms with Gasteiger partial charge in [0.25, 0.3) is 5.91 Å². The zero-order chi connectivity index (χ0) is 20.4. The van der Waals surface area contributed by atoms with Crippen molar-refractivity contribution in [2.45, 2.75) is 33.6 Å². The van der Waals surface area contributed by atoms with Crippen LogP contribution in [-0.4, -0.2) is 24.2 Å². The van der Waals surface area contributed by atoms with E-state index >= 15 is 0 Å². The predicted molar refractivity (Wildman–Crippen MR) is 117 cm³/mol. The second-order valence-electron chi connectivity index (χ2n) is 6.84. The second-order valence-corrected chi connectivity index (χ2v) is 7.24. The molecule has 6 heteroatoms. The Morgan fingerprint density at radius 1 is 1.07 bits per heavy atom. The Hall–Kier alpha value is -2.60. The van der Waals surface area contributed by atoms with Gasteiger partial charge < -0.3 is 14.8 Å². The molecule has 0 radical (unpaired) electrons. The van der Waals surface area contributed by atoms with Crippen LogP contribution in [0.3, 0.4) is 0 Å². The van der Waals surface area contributed by atoms with Gasteiger partial charge in [0.2, 0.25) is 0 Å². The number of amides is 1. The summed E-state index contributed by atoms with van der Waals surface area (Å²) in [6.45, 7) is 7.56. The summed E-state index contributed by atoms with van der Waals surface area (Å²) in [5.41, 5.74) is 1.23. The number of nitrogens with one attached hydrogen (secondary N) is 2. The highest BCUT2D eigenvalue weighted by molar-refractivity contribution is 7.80. The molecule has 0 heterocycles. The maximum Gasteiger partial charge on any atom is 0.257 e. The fourth-order valence-electron chi connectivity index (χ4n) is 2.32. The van der Waals surface area contributed by atoms with Crippen molar-refractivity contribution >= 4 is 28.9 Å². The van der Waals surface area contributed by atoms with Crippen LogP contribution in [0.4, 0.5) is 5.69 Å². The van der Waals surface area contributed by atoms with Crippen molar-refractivity contribution in [3.8, 4) is 11.5 Å². The maximum atomic E-state index is 12.4. The van der Waals surface area contributed by atoms with Gasteiger partial charge in [0, 0.05) is 5.56 Å². The summed E-state index contributed by atoms with van der Waals surface area (Å²) in [7, 11) is 0. The van der Waals surface area contributed by atoms with Crippen molar-refractivity contribution in [2.24, 2.45) is 5.92 Å². The van der Waals surface area contributed by atoms with Gasteiger partial charge in [-0.1, -0.05) is 39.3 Å². The van der Waals surface area contributed by atoms with E-state index in [9.17, 15) is 4.79 Å². The molecule has 0 aliphatic rings. The van der Waals surface area contributed by atoms with Gasteiger partial charge in [-0.15, -0.1) is 0 Å². The van der Waals surface area contributed by atoms with Crippen molar-refractivity contribution in [2.75, 3.05) is 18.5 Å². The highest BCUT2D eigenvalue weighted by atomic mass is 32.1. The van der Waals surface area contributed by atoms with E-state index in [0.29, 0.717) is 30.4 Å². The van der Waals surface area contributed by atoms with E-state index in [-0.39, 0.29) is 11.0 Å². The van der Waals surface area contributed by atoms with E-state index in [0.717, 1.165) is 24.3 Å². The van der Waals surface area contributed by atoms with E-state index < -0.39 is 0 Å². The molecule has 2 rings (SSSR count). The first-order valence-electron chi connectivity index (χ1n) is 9.56. The van der Waals surface area contributed by atoms with Gasteiger partial charge in [-0.3, -0.25) is 10.1 Å². The Balaban J connectivity index is 1.91. The first-order valence-corrected chi connectivity index (χ1v) is 9.97. The van der Waals surface area contributed by atoms with Crippen molar-refractivity contribution in [3.63, 3.8) is 0 Å². The molecule has 0 bridgehead atoms. The molecule has 150 valence electrons. The normalized spacial score (nSPS) is 10.4. The fraction of sp³-hybridized carbons (Fsp3) is 0.364. The lowest BCUT2D eigenvalue weighted by molar-refractivity contribution is 0.0977. The van der Waals surface area contributed by atoms with Gasteiger partial charge in [0.15, 0.2) is 5.11 Å². The molecule has 0 atom stereocenters. The molecule has 0 saturated heterocycles. The summed E-state index contributed by atoms with van der Waals surface area (Å²) in [5, 5.41) is 5.95. The van der Waals surface area contributed by atoms with Gasteiger partial charge in [-0.25, -0.2) is 0 Å². The third kappa shape index (κ3) is 7.19. The number of hydrogen-bond donors (Lipinski definition) is 2. The molecule has 0 saturated carbocycles. The number of benzene rings is 2. The topological polar surface area (TPSA) is 59.6 Å². The number of carbonyl (C=O) groups is 1. The van der Waals surface area contributed by atoms with Gasteiger partial charge in [-0.05, 0) is 61.0 Å². The zero-order valence-electron chi connectivity index (χ0n) is 16.7. The molecule has 5 nitrogen and oxygen atoms in total. The summed E-state index contributed by atoms with van der Waals surface area (Å²) in [6.07, 6.45) is 2.04. The van der Waals surface area contributed by atoms with Crippen molar-refractivity contribution in [1.82, 2.24) is 5.32 Å². The van der Waals surface area contributed by atoms with E-state index in [1.165, 1.54) is 0 Å². The number of unbranched alkanes of at least 4 members (excludes halogenated alkanes) is 1. The summed E-state index contributed by atoms with van der Waals surface area (Å²) in [4.78, 5) is 12.4. The quantitative estimate of drug-likeness (QED) is 0.457. The number of rotatable bonds is 9. The molecule has 2 aromatic rings. The Labute approximate surface area is 172 Å². The van der Waals surface area contributed by atoms with Crippen LogP contribution in [0.2, 0.25) is 0 Å². The highest BCUT2D eigenvalue weighted by Gasteiger charge is 2.10. The smallest absolute Gasteiger partial charge is 0.257 e. The van der Waals surface area contributed by atoms with Crippen LogP contribution in [0.25, 0.3) is 0 Å². The molecule has 0 fully saturated rings. The lowest BCUT2D eigenvalue weighted by atomic mass is 10.2. The van der Waals surface area contributed by atoms with E-state index in [2.05, 4.69) is 31.4 Å². The SMILES string of the molecule is CCCCOc1ccccc1NC(=S)NC(=O)c1ccc(OCC(C)C)cc1. The Morgan fingerprint density at radius 2 is 1.79 bits per heavy atom. The first kappa shape index (κ1) is 21.7. The number of ether oxygens (including phenoxy) is 2. The third-order valence-electron chi connectivity index (χ3n) is 3.82. The Kier molecular flexibility index (Phi) is 8.75. The molecule has 0 aromatic heterocycles. The van der Waals surface area contributed by atoms with Crippen LogP contribution >= 0.6 is 12.2 Å². The molecule has 0 aliphatic heterocycles. The number of para-hydroxylation sites is 2. The molecule has 0 aliphatic carbocycles. The largest absolute Gasteiger partial charge is 0.493 e. The zero-order valence-corrected chi connectivity index (χ0v) is 17.5. The lowest BCUT2D eigenvalue weighted by Crippen LogP contribution is -2.34. The fourth-order valence-corrected chi connectivity index (χ4v) is 2.52. The predicted octanol–water partition coefficient (Wildman–Crippen LogP) is 5.03. The highest BCUT2D eigenvalue weighted by Crippen LogP contribution is 2.24. The summed E-state index contributed by atoms with van der Waals surface area (Å²) in [6, 6.07) is 14.5.